The Bertz CT molecular complexity index is 613. The number of halogens is 2. The molecule has 1 aliphatic rings. The molecule has 0 radical (unpaired) electrons. The molecule has 9 heteroatoms. The van der Waals surface area contributed by atoms with Crippen molar-refractivity contribution in [2.24, 2.45) is 11.7 Å². The van der Waals surface area contributed by atoms with Gasteiger partial charge in [0.15, 0.2) is 11.5 Å². The van der Waals surface area contributed by atoms with E-state index >= 15 is 0 Å². The van der Waals surface area contributed by atoms with Crippen LogP contribution in [0.1, 0.15) is 31.9 Å². The number of ether oxygens (including phenoxy) is 3. The first kappa shape index (κ1) is 27.8. The molecule has 168 valence electrons. The fraction of sp³-hybridized carbons (Fsp3) is 0.650. The number of nitrogens with one attached hydrogen (secondary N) is 1. The third-order valence-electron chi connectivity index (χ3n) is 4.81. The monoisotopic (exact) mass is 451 g/mol. The summed E-state index contributed by atoms with van der Waals surface area (Å²) in [5, 5.41) is 3.03. The number of methoxy groups -OCH3 is 2. The van der Waals surface area contributed by atoms with Gasteiger partial charge < -0.3 is 25.3 Å². The van der Waals surface area contributed by atoms with E-state index in [1.54, 1.807) is 14.2 Å². The normalized spacial score (nSPS) is 16.2. The van der Waals surface area contributed by atoms with E-state index in [9.17, 15) is 4.79 Å². The molecule has 29 heavy (non-hydrogen) atoms. The number of nitrogens with zero attached hydrogens (tertiary/aromatic N) is 1. The number of benzene rings is 1. The molecule has 2 atom stereocenters. The van der Waals surface area contributed by atoms with Crippen molar-refractivity contribution in [1.82, 2.24) is 10.2 Å². The molecular weight excluding hydrogens is 417 g/mol. The van der Waals surface area contributed by atoms with Crippen molar-refractivity contribution in [3.05, 3.63) is 23.8 Å². The maximum atomic E-state index is 12.4. The second-order valence-electron chi connectivity index (χ2n) is 7.26. The molecule has 3 N–H and O–H groups in total. The van der Waals surface area contributed by atoms with E-state index in [0.717, 1.165) is 18.7 Å². The summed E-state index contributed by atoms with van der Waals surface area (Å²) in [6, 6.07) is 5.42. The van der Waals surface area contributed by atoms with Crippen molar-refractivity contribution in [3.8, 4) is 11.5 Å². The molecule has 0 bridgehead atoms. The minimum atomic E-state index is -0.485. The van der Waals surface area contributed by atoms with Crippen LogP contribution in [0.2, 0.25) is 0 Å². The minimum Gasteiger partial charge on any atom is -0.493 e. The van der Waals surface area contributed by atoms with Crippen LogP contribution in [-0.4, -0.2) is 63.9 Å². The van der Waals surface area contributed by atoms with Crippen molar-refractivity contribution in [2.45, 2.75) is 32.4 Å². The number of nitrogens with two attached hydrogens (primary N) is 1. The lowest BCUT2D eigenvalue weighted by molar-refractivity contribution is -0.123. The summed E-state index contributed by atoms with van der Waals surface area (Å²) in [5.41, 5.74) is 7.09. The largest absolute Gasteiger partial charge is 0.493 e. The van der Waals surface area contributed by atoms with Crippen LogP contribution in [-0.2, 0) is 9.53 Å². The Hall–Kier alpha value is -1.25. The first-order valence-electron chi connectivity index (χ1n) is 9.53. The van der Waals surface area contributed by atoms with Crippen molar-refractivity contribution in [2.75, 3.05) is 47.1 Å². The molecule has 1 aromatic carbocycles. The van der Waals surface area contributed by atoms with Crippen LogP contribution in [0.3, 0.4) is 0 Å². The lowest BCUT2D eigenvalue weighted by atomic mass is 10.0. The highest BCUT2D eigenvalue weighted by atomic mass is 35.5. The van der Waals surface area contributed by atoms with E-state index in [4.69, 9.17) is 19.9 Å². The van der Waals surface area contributed by atoms with Gasteiger partial charge in [-0.25, -0.2) is 0 Å². The van der Waals surface area contributed by atoms with Crippen LogP contribution >= 0.6 is 24.8 Å². The zero-order valence-corrected chi connectivity index (χ0v) is 19.3. The molecule has 0 aliphatic carbocycles. The molecule has 1 fully saturated rings. The molecule has 1 unspecified atom stereocenters. The summed E-state index contributed by atoms with van der Waals surface area (Å²) in [5.74, 6) is 1.63. The third kappa shape index (κ3) is 8.18. The number of amides is 1. The maximum Gasteiger partial charge on any atom is 0.236 e. The van der Waals surface area contributed by atoms with Crippen LogP contribution in [0.4, 0.5) is 0 Å². The van der Waals surface area contributed by atoms with Gasteiger partial charge in [-0.15, -0.1) is 24.8 Å². The van der Waals surface area contributed by atoms with Crippen molar-refractivity contribution >= 4 is 30.7 Å². The van der Waals surface area contributed by atoms with Crippen LogP contribution in [0.15, 0.2) is 18.2 Å². The van der Waals surface area contributed by atoms with Gasteiger partial charge in [-0.2, -0.15) is 0 Å². The van der Waals surface area contributed by atoms with E-state index in [1.807, 2.05) is 18.2 Å². The Morgan fingerprint density at radius 1 is 1.17 bits per heavy atom. The summed E-state index contributed by atoms with van der Waals surface area (Å²) < 4.78 is 16.3. The van der Waals surface area contributed by atoms with Gasteiger partial charge in [0.2, 0.25) is 5.91 Å². The third-order valence-corrected chi connectivity index (χ3v) is 4.81. The number of hydrogen-bond donors (Lipinski definition) is 2. The molecule has 1 saturated heterocycles. The predicted octanol–water partition coefficient (Wildman–Crippen LogP) is 2.41. The molecule has 0 spiro atoms. The Morgan fingerprint density at radius 2 is 1.79 bits per heavy atom. The second-order valence-corrected chi connectivity index (χ2v) is 7.26. The molecule has 0 aromatic heterocycles. The average Bonchev–Trinajstić information content (AvgIpc) is 2.68. The van der Waals surface area contributed by atoms with Gasteiger partial charge in [0.1, 0.15) is 0 Å². The average molecular weight is 452 g/mol. The molecule has 1 aliphatic heterocycles. The van der Waals surface area contributed by atoms with E-state index in [1.165, 1.54) is 0 Å². The van der Waals surface area contributed by atoms with Crippen molar-refractivity contribution < 1.29 is 19.0 Å². The molecule has 1 amide bonds. The Kier molecular flexibility index (Phi) is 13.3. The molecular formula is C20H35Cl2N3O4. The van der Waals surface area contributed by atoms with Gasteiger partial charge in [0.05, 0.1) is 39.5 Å². The van der Waals surface area contributed by atoms with Gasteiger partial charge in [-0.1, -0.05) is 19.9 Å². The summed E-state index contributed by atoms with van der Waals surface area (Å²) >= 11 is 0. The minimum absolute atomic E-state index is 0. The van der Waals surface area contributed by atoms with Gasteiger partial charge in [-0.05, 0) is 30.0 Å². The lowest BCUT2D eigenvalue weighted by Crippen LogP contribution is -2.47. The quantitative estimate of drug-likeness (QED) is 0.599. The molecule has 1 aromatic rings. The summed E-state index contributed by atoms with van der Waals surface area (Å²) in [6.07, 6.45) is 0.671. The molecule has 1 heterocycles. The van der Waals surface area contributed by atoms with Gasteiger partial charge in [-0.3, -0.25) is 9.69 Å². The smallest absolute Gasteiger partial charge is 0.236 e. The van der Waals surface area contributed by atoms with Crippen molar-refractivity contribution in [3.63, 3.8) is 0 Å². The number of rotatable bonds is 9. The maximum absolute atomic E-state index is 12.4. The summed E-state index contributed by atoms with van der Waals surface area (Å²) in [4.78, 5) is 14.7. The van der Waals surface area contributed by atoms with Crippen LogP contribution < -0.4 is 20.5 Å². The van der Waals surface area contributed by atoms with Gasteiger partial charge in [0.25, 0.3) is 0 Å². The molecule has 2 rings (SSSR count). The van der Waals surface area contributed by atoms with E-state index in [-0.39, 0.29) is 36.8 Å². The Balaban J connectivity index is 0.00000392. The molecule has 0 saturated carbocycles. The van der Waals surface area contributed by atoms with E-state index < -0.39 is 6.04 Å². The Morgan fingerprint density at radius 3 is 2.34 bits per heavy atom. The second kappa shape index (κ2) is 13.9. The first-order valence-corrected chi connectivity index (χ1v) is 9.53. The van der Waals surface area contributed by atoms with Crippen LogP contribution in [0.5, 0.6) is 11.5 Å². The van der Waals surface area contributed by atoms with E-state index in [0.29, 0.717) is 43.6 Å². The number of hydrogen-bond acceptors (Lipinski definition) is 6. The zero-order chi connectivity index (χ0) is 19.8. The summed E-state index contributed by atoms with van der Waals surface area (Å²) in [7, 11) is 3.24. The highest BCUT2D eigenvalue weighted by Gasteiger charge is 2.25. The molecule has 7 nitrogen and oxygen atoms in total. The standard InChI is InChI=1S/C20H33N3O4.2ClH/c1-14(2)11-16(21)20(24)22-13-17(23-7-9-27-10-8-23)15-5-6-18(25-3)19(12-15)26-4;;/h5-6,12,14,16-17H,7-11,13,21H2,1-4H3,(H,22,24);2*1H/t16-,17?;;/m0../s1. The topological polar surface area (TPSA) is 86.0 Å². The van der Waals surface area contributed by atoms with Gasteiger partial charge >= 0.3 is 0 Å². The van der Waals surface area contributed by atoms with Gasteiger partial charge in [0, 0.05) is 19.6 Å². The fourth-order valence-corrected chi connectivity index (χ4v) is 3.35. The van der Waals surface area contributed by atoms with E-state index in [2.05, 4.69) is 24.1 Å². The SMILES string of the molecule is COc1ccc(C(CNC(=O)[C@@H](N)CC(C)C)N2CCOCC2)cc1OC.Cl.Cl. The summed E-state index contributed by atoms with van der Waals surface area (Å²) in [6.45, 7) is 7.61. The van der Waals surface area contributed by atoms with Crippen LogP contribution in [0, 0.1) is 5.92 Å². The number of carbonyl (C=O) groups is 1. The first-order chi connectivity index (χ1) is 13.0. The fourth-order valence-electron chi connectivity index (χ4n) is 3.35. The number of carbonyl (C=O) groups excluding carboxylic acids is 1. The Labute approximate surface area is 186 Å². The predicted molar refractivity (Wildman–Crippen MR) is 120 cm³/mol. The number of morpholine rings is 1. The van der Waals surface area contributed by atoms with Crippen LogP contribution in [0.25, 0.3) is 0 Å². The lowest BCUT2D eigenvalue weighted by Gasteiger charge is -2.35. The van der Waals surface area contributed by atoms with Crippen molar-refractivity contribution in [1.29, 1.82) is 0 Å². The highest BCUT2D eigenvalue weighted by Crippen LogP contribution is 2.32. The zero-order valence-electron chi connectivity index (χ0n) is 17.7. The highest BCUT2D eigenvalue weighted by molar-refractivity contribution is 5.85.